The second-order valence-corrected chi connectivity index (χ2v) is 4.52. The first-order valence-corrected chi connectivity index (χ1v) is 6.26. The van der Waals surface area contributed by atoms with Crippen molar-refractivity contribution in [1.29, 1.82) is 0 Å². The third-order valence-electron chi connectivity index (χ3n) is 3.51. The van der Waals surface area contributed by atoms with E-state index in [0.717, 1.165) is 19.3 Å². The Morgan fingerprint density at radius 2 is 2.12 bits per heavy atom. The molecule has 0 aliphatic rings. The summed E-state index contributed by atoms with van der Waals surface area (Å²) in [6, 6.07) is 0.228. The number of unbranched alkanes of at least 4 members (excludes halogenated alkanes) is 3. The fraction of sp³-hybridized carbons (Fsp3) is 0.846. The van der Waals surface area contributed by atoms with Gasteiger partial charge in [-0.3, -0.25) is 11.3 Å². The van der Waals surface area contributed by atoms with Crippen LogP contribution in [0.15, 0.2) is 12.7 Å². The van der Waals surface area contributed by atoms with Crippen molar-refractivity contribution in [1.82, 2.24) is 5.43 Å². The lowest BCUT2D eigenvalue weighted by Gasteiger charge is -2.35. The molecule has 3 N–H and O–H groups in total. The minimum absolute atomic E-state index is 0.160. The Labute approximate surface area is 100 Å². The second kappa shape index (κ2) is 8.74. The maximum absolute atomic E-state index is 5.60. The van der Waals surface area contributed by atoms with Crippen LogP contribution in [0.4, 0.5) is 0 Å². The number of nitrogens with one attached hydrogen (secondary N) is 1. The zero-order chi connectivity index (χ0) is 12.4. The van der Waals surface area contributed by atoms with Gasteiger partial charge in [0.1, 0.15) is 0 Å². The molecule has 96 valence electrons. The van der Waals surface area contributed by atoms with Gasteiger partial charge < -0.3 is 4.74 Å². The standard InChI is InChI=1S/C13H28N2O/c1-5-7-8-9-10-11-12(15-14)13(3,6-2)16-4/h5,12,15H,1,6-11,14H2,2-4H3. The van der Waals surface area contributed by atoms with Crippen LogP contribution in [-0.2, 0) is 4.74 Å². The van der Waals surface area contributed by atoms with E-state index in [1.807, 2.05) is 6.08 Å². The topological polar surface area (TPSA) is 47.3 Å². The quantitative estimate of drug-likeness (QED) is 0.261. The van der Waals surface area contributed by atoms with Gasteiger partial charge in [-0.25, -0.2) is 0 Å². The first-order valence-electron chi connectivity index (χ1n) is 6.26. The van der Waals surface area contributed by atoms with Crippen molar-refractivity contribution in [3.8, 4) is 0 Å². The van der Waals surface area contributed by atoms with Gasteiger partial charge in [0.15, 0.2) is 0 Å². The lowest BCUT2D eigenvalue weighted by molar-refractivity contribution is -0.0317. The first kappa shape index (κ1) is 15.6. The van der Waals surface area contributed by atoms with E-state index < -0.39 is 0 Å². The molecular weight excluding hydrogens is 200 g/mol. The highest BCUT2D eigenvalue weighted by Gasteiger charge is 2.31. The van der Waals surface area contributed by atoms with E-state index in [2.05, 4.69) is 25.9 Å². The summed E-state index contributed by atoms with van der Waals surface area (Å²) in [4.78, 5) is 0. The Morgan fingerprint density at radius 1 is 1.44 bits per heavy atom. The molecule has 0 fully saturated rings. The van der Waals surface area contributed by atoms with Crippen LogP contribution < -0.4 is 11.3 Å². The molecule has 0 saturated heterocycles. The molecule has 0 heterocycles. The Kier molecular flexibility index (Phi) is 8.53. The van der Waals surface area contributed by atoms with Crippen molar-refractivity contribution in [3.63, 3.8) is 0 Å². The number of ether oxygens (including phenoxy) is 1. The van der Waals surface area contributed by atoms with Crippen LogP contribution in [0.1, 0.15) is 52.4 Å². The van der Waals surface area contributed by atoms with Gasteiger partial charge in [0, 0.05) is 13.2 Å². The summed E-state index contributed by atoms with van der Waals surface area (Å²) in [6.07, 6.45) is 8.74. The summed E-state index contributed by atoms with van der Waals surface area (Å²) in [6.45, 7) is 7.97. The molecule has 0 aliphatic heterocycles. The predicted molar refractivity (Wildman–Crippen MR) is 70.1 cm³/mol. The minimum atomic E-state index is -0.160. The van der Waals surface area contributed by atoms with Crippen molar-refractivity contribution >= 4 is 0 Å². The zero-order valence-electron chi connectivity index (χ0n) is 11.1. The summed E-state index contributed by atoms with van der Waals surface area (Å²) < 4.78 is 5.56. The van der Waals surface area contributed by atoms with Crippen LogP contribution in [0.5, 0.6) is 0 Å². The van der Waals surface area contributed by atoms with Crippen LogP contribution in [-0.4, -0.2) is 18.8 Å². The summed E-state index contributed by atoms with van der Waals surface area (Å²) in [5.41, 5.74) is 2.73. The van der Waals surface area contributed by atoms with E-state index in [-0.39, 0.29) is 11.6 Å². The van der Waals surface area contributed by atoms with Gasteiger partial charge in [-0.1, -0.05) is 25.8 Å². The van der Waals surface area contributed by atoms with E-state index in [9.17, 15) is 0 Å². The average Bonchev–Trinajstić information content (AvgIpc) is 2.33. The van der Waals surface area contributed by atoms with Gasteiger partial charge in [-0.2, -0.15) is 0 Å². The number of rotatable bonds is 10. The monoisotopic (exact) mass is 228 g/mol. The molecule has 0 aromatic rings. The lowest BCUT2D eigenvalue weighted by Crippen LogP contribution is -2.52. The SMILES string of the molecule is C=CCCCCCC(NN)C(C)(CC)OC. The van der Waals surface area contributed by atoms with Crippen LogP contribution in [0.25, 0.3) is 0 Å². The highest BCUT2D eigenvalue weighted by Crippen LogP contribution is 2.22. The fourth-order valence-electron chi connectivity index (χ4n) is 1.91. The van der Waals surface area contributed by atoms with Crippen molar-refractivity contribution in [2.75, 3.05) is 7.11 Å². The van der Waals surface area contributed by atoms with E-state index >= 15 is 0 Å². The van der Waals surface area contributed by atoms with Crippen molar-refractivity contribution < 1.29 is 4.74 Å². The van der Waals surface area contributed by atoms with E-state index in [4.69, 9.17) is 10.6 Å². The predicted octanol–water partition coefficient (Wildman–Crippen LogP) is 2.77. The second-order valence-electron chi connectivity index (χ2n) is 4.52. The lowest BCUT2D eigenvalue weighted by atomic mass is 9.89. The van der Waals surface area contributed by atoms with Gasteiger partial charge >= 0.3 is 0 Å². The normalized spacial score (nSPS) is 16.8. The maximum atomic E-state index is 5.60. The number of hydrazine groups is 1. The Morgan fingerprint density at radius 3 is 2.56 bits per heavy atom. The van der Waals surface area contributed by atoms with Crippen molar-refractivity contribution in [2.24, 2.45) is 5.84 Å². The molecular formula is C13H28N2O. The van der Waals surface area contributed by atoms with Crippen LogP contribution in [0.2, 0.25) is 0 Å². The molecule has 0 aromatic carbocycles. The molecule has 16 heavy (non-hydrogen) atoms. The molecule has 0 spiro atoms. The highest BCUT2D eigenvalue weighted by molar-refractivity contribution is 4.86. The van der Waals surface area contributed by atoms with Gasteiger partial charge in [0.05, 0.1) is 5.60 Å². The highest BCUT2D eigenvalue weighted by atomic mass is 16.5. The van der Waals surface area contributed by atoms with Crippen LogP contribution >= 0.6 is 0 Å². The van der Waals surface area contributed by atoms with Gasteiger partial charge in [0.25, 0.3) is 0 Å². The summed E-state index contributed by atoms with van der Waals surface area (Å²) in [5, 5.41) is 0. The summed E-state index contributed by atoms with van der Waals surface area (Å²) in [5.74, 6) is 5.60. The molecule has 2 unspecified atom stereocenters. The van der Waals surface area contributed by atoms with Crippen LogP contribution in [0, 0.1) is 0 Å². The average molecular weight is 228 g/mol. The van der Waals surface area contributed by atoms with E-state index in [1.165, 1.54) is 19.3 Å². The molecule has 0 saturated carbocycles. The van der Waals surface area contributed by atoms with Crippen LogP contribution in [0.3, 0.4) is 0 Å². The molecule has 0 amide bonds. The molecule has 0 aromatic heterocycles. The van der Waals surface area contributed by atoms with Gasteiger partial charge in [-0.15, -0.1) is 6.58 Å². The number of allylic oxidation sites excluding steroid dienone is 1. The van der Waals surface area contributed by atoms with Crippen molar-refractivity contribution in [3.05, 3.63) is 12.7 Å². The zero-order valence-corrected chi connectivity index (χ0v) is 11.1. The van der Waals surface area contributed by atoms with Gasteiger partial charge in [-0.05, 0) is 32.6 Å². The largest absolute Gasteiger partial charge is 0.377 e. The van der Waals surface area contributed by atoms with Crippen molar-refractivity contribution in [2.45, 2.75) is 64.0 Å². The molecule has 0 aliphatic carbocycles. The maximum Gasteiger partial charge on any atom is 0.0813 e. The smallest absolute Gasteiger partial charge is 0.0813 e. The third-order valence-corrected chi connectivity index (χ3v) is 3.51. The Balaban J connectivity index is 3.94. The molecule has 0 bridgehead atoms. The number of hydrogen-bond donors (Lipinski definition) is 2. The molecule has 3 nitrogen and oxygen atoms in total. The molecule has 3 heteroatoms. The fourth-order valence-corrected chi connectivity index (χ4v) is 1.91. The minimum Gasteiger partial charge on any atom is -0.377 e. The number of hydrogen-bond acceptors (Lipinski definition) is 3. The van der Waals surface area contributed by atoms with E-state index in [0.29, 0.717) is 0 Å². The first-order chi connectivity index (χ1) is 7.64. The summed E-state index contributed by atoms with van der Waals surface area (Å²) >= 11 is 0. The molecule has 2 atom stereocenters. The van der Waals surface area contributed by atoms with E-state index in [1.54, 1.807) is 7.11 Å². The summed E-state index contributed by atoms with van der Waals surface area (Å²) in [7, 11) is 1.76. The Bertz CT molecular complexity index is 179. The number of nitrogens with two attached hydrogens (primary N) is 1. The molecule has 0 rings (SSSR count). The number of methoxy groups -OCH3 is 1. The third kappa shape index (κ3) is 5.10. The molecule has 0 radical (unpaired) electrons. The van der Waals surface area contributed by atoms with Gasteiger partial charge in [0.2, 0.25) is 0 Å². The Hall–Kier alpha value is -0.380.